The lowest BCUT2D eigenvalue weighted by molar-refractivity contribution is 0.341. The highest BCUT2D eigenvalue weighted by Gasteiger charge is 2.17. The topological polar surface area (TPSA) is 50.3 Å². The summed E-state index contributed by atoms with van der Waals surface area (Å²) in [5.74, 6) is 0.786. The molecule has 0 radical (unpaired) electrons. The number of halogens is 1. The summed E-state index contributed by atoms with van der Waals surface area (Å²) in [6.45, 7) is 4.57. The molecule has 2 aromatic heterocycles. The third kappa shape index (κ3) is 2.82. The second-order valence-electron chi connectivity index (χ2n) is 5.20. The van der Waals surface area contributed by atoms with Gasteiger partial charge in [0, 0.05) is 16.2 Å². The van der Waals surface area contributed by atoms with Crippen molar-refractivity contribution in [2.45, 2.75) is 20.3 Å². The van der Waals surface area contributed by atoms with E-state index in [-0.39, 0.29) is 6.42 Å². The van der Waals surface area contributed by atoms with Crippen LogP contribution < -0.4 is 4.74 Å². The summed E-state index contributed by atoms with van der Waals surface area (Å²) in [7, 11) is 0. The molecule has 0 bridgehead atoms. The largest absolute Gasteiger partial charge is 0.493 e. The molecule has 0 spiro atoms. The number of aromatic nitrogens is 2. The van der Waals surface area contributed by atoms with Crippen molar-refractivity contribution in [2.24, 2.45) is 0 Å². The van der Waals surface area contributed by atoms with E-state index in [1.807, 2.05) is 54.8 Å². The molecule has 0 saturated heterocycles. The Labute approximate surface area is 143 Å². The van der Waals surface area contributed by atoms with Crippen LogP contribution in [0.2, 0.25) is 0 Å². The number of para-hydroxylation sites is 1. The van der Waals surface area contributed by atoms with Crippen LogP contribution in [-0.2, 0) is 6.42 Å². The number of hydrogen-bond donors (Lipinski definition) is 0. The van der Waals surface area contributed by atoms with Gasteiger partial charge in [0.05, 0.1) is 30.5 Å². The van der Waals surface area contributed by atoms with E-state index in [0.717, 1.165) is 38.4 Å². The summed E-state index contributed by atoms with van der Waals surface area (Å²) in [5, 5.41) is 9.23. The van der Waals surface area contributed by atoms with Crippen molar-refractivity contribution in [3.8, 4) is 23.1 Å². The van der Waals surface area contributed by atoms with Gasteiger partial charge in [-0.1, -0.05) is 12.1 Å². The van der Waals surface area contributed by atoms with Gasteiger partial charge >= 0.3 is 0 Å². The molecule has 0 atom stereocenters. The van der Waals surface area contributed by atoms with E-state index in [1.54, 1.807) is 0 Å². The molecule has 23 heavy (non-hydrogen) atoms. The van der Waals surface area contributed by atoms with E-state index in [2.05, 4.69) is 22.0 Å². The zero-order valence-corrected chi connectivity index (χ0v) is 14.6. The molecule has 0 fully saturated rings. The maximum absolute atomic E-state index is 9.23. The Morgan fingerprint density at radius 1 is 1.35 bits per heavy atom. The van der Waals surface area contributed by atoms with Crippen LogP contribution in [0, 0.1) is 18.3 Å². The van der Waals surface area contributed by atoms with Gasteiger partial charge in [-0.15, -0.1) is 0 Å². The number of nitriles is 1. The number of pyridine rings is 1. The van der Waals surface area contributed by atoms with Crippen molar-refractivity contribution < 1.29 is 4.74 Å². The molecule has 0 N–H and O–H groups in total. The number of aryl methyl sites for hydroxylation is 1. The third-order valence-electron chi connectivity index (χ3n) is 3.69. The van der Waals surface area contributed by atoms with Crippen molar-refractivity contribution in [1.82, 2.24) is 9.38 Å². The molecule has 4 nitrogen and oxygen atoms in total. The Morgan fingerprint density at radius 2 is 2.13 bits per heavy atom. The summed E-state index contributed by atoms with van der Waals surface area (Å²) in [4.78, 5) is 4.76. The van der Waals surface area contributed by atoms with Gasteiger partial charge in [0.15, 0.2) is 0 Å². The fourth-order valence-corrected chi connectivity index (χ4v) is 2.93. The number of fused-ring (bicyclic) bond motifs is 1. The van der Waals surface area contributed by atoms with Crippen molar-refractivity contribution >= 4 is 21.6 Å². The molecular weight excluding hydrogens is 354 g/mol. The minimum Gasteiger partial charge on any atom is -0.493 e. The van der Waals surface area contributed by atoms with E-state index in [1.165, 1.54) is 0 Å². The average molecular weight is 370 g/mol. The number of hydrogen-bond acceptors (Lipinski definition) is 3. The first-order chi connectivity index (χ1) is 11.2. The molecule has 0 aliphatic carbocycles. The monoisotopic (exact) mass is 369 g/mol. The van der Waals surface area contributed by atoms with Gasteiger partial charge in [-0.3, -0.25) is 0 Å². The van der Waals surface area contributed by atoms with Crippen LogP contribution in [0.15, 0.2) is 41.0 Å². The Hall–Kier alpha value is -2.32. The van der Waals surface area contributed by atoms with Crippen LogP contribution in [-0.4, -0.2) is 16.0 Å². The number of imidazole rings is 1. The van der Waals surface area contributed by atoms with Crippen molar-refractivity contribution in [3.05, 3.63) is 52.3 Å². The highest BCUT2D eigenvalue weighted by Crippen LogP contribution is 2.33. The summed E-state index contributed by atoms with van der Waals surface area (Å²) in [5.41, 5.74) is 4.52. The van der Waals surface area contributed by atoms with Gasteiger partial charge in [-0.05, 0) is 53.5 Å². The van der Waals surface area contributed by atoms with Gasteiger partial charge in [0.25, 0.3) is 0 Å². The Balaban J connectivity index is 2.29. The highest BCUT2D eigenvalue weighted by atomic mass is 79.9. The van der Waals surface area contributed by atoms with Gasteiger partial charge in [0.1, 0.15) is 11.4 Å². The summed E-state index contributed by atoms with van der Waals surface area (Å²) in [6, 6.07) is 12.1. The normalized spacial score (nSPS) is 10.7. The second kappa shape index (κ2) is 6.43. The first kappa shape index (κ1) is 15.6. The van der Waals surface area contributed by atoms with Crippen LogP contribution in [0.4, 0.5) is 0 Å². The van der Waals surface area contributed by atoms with Crippen LogP contribution in [0.25, 0.3) is 16.9 Å². The molecule has 5 heteroatoms. The maximum atomic E-state index is 9.23. The number of ether oxygens (including phenoxy) is 1. The van der Waals surface area contributed by atoms with Gasteiger partial charge in [-0.25, -0.2) is 4.98 Å². The Morgan fingerprint density at radius 3 is 2.87 bits per heavy atom. The Kier molecular flexibility index (Phi) is 4.35. The maximum Gasteiger partial charge on any atom is 0.138 e. The average Bonchev–Trinajstić information content (AvgIpc) is 2.87. The molecule has 3 aromatic rings. The van der Waals surface area contributed by atoms with E-state index >= 15 is 0 Å². The zero-order chi connectivity index (χ0) is 16.4. The zero-order valence-electron chi connectivity index (χ0n) is 13.0. The molecule has 3 rings (SSSR count). The van der Waals surface area contributed by atoms with E-state index in [9.17, 15) is 5.26 Å². The first-order valence-electron chi connectivity index (χ1n) is 7.42. The van der Waals surface area contributed by atoms with Crippen LogP contribution in [0.5, 0.6) is 5.75 Å². The van der Waals surface area contributed by atoms with Crippen molar-refractivity contribution in [2.75, 3.05) is 6.61 Å². The molecule has 0 unspecified atom stereocenters. The number of rotatable bonds is 4. The lowest BCUT2D eigenvalue weighted by atomic mass is 10.1. The van der Waals surface area contributed by atoms with Crippen molar-refractivity contribution in [1.29, 1.82) is 5.26 Å². The predicted octanol–water partition coefficient (Wildman–Crippen LogP) is 4.54. The molecule has 0 amide bonds. The lowest BCUT2D eigenvalue weighted by Crippen LogP contribution is -1.97. The molecular formula is C18H16BrN3O. The summed E-state index contributed by atoms with van der Waals surface area (Å²) >= 11 is 3.55. The molecule has 0 aliphatic rings. The minimum atomic E-state index is 0.284. The molecule has 2 heterocycles. The molecule has 116 valence electrons. The standard InChI is InChI=1S/C18H16BrN3O/c1-3-23-16-7-5-4-6-13(16)18-15(8-9-20)22-11-14(19)12(2)10-17(22)21-18/h4-7,10-11H,3,8H2,1-2H3. The molecule has 1 aromatic carbocycles. The van der Waals surface area contributed by atoms with E-state index < -0.39 is 0 Å². The summed E-state index contributed by atoms with van der Waals surface area (Å²) < 4.78 is 8.69. The minimum absolute atomic E-state index is 0.284. The van der Waals surface area contributed by atoms with Crippen molar-refractivity contribution in [3.63, 3.8) is 0 Å². The first-order valence-corrected chi connectivity index (χ1v) is 8.21. The number of benzene rings is 1. The predicted molar refractivity (Wildman–Crippen MR) is 93.6 cm³/mol. The molecule has 0 saturated carbocycles. The second-order valence-corrected chi connectivity index (χ2v) is 6.06. The Bertz CT molecular complexity index is 909. The van der Waals surface area contributed by atoms with Crippen LogP contribution in [0.3, 0.4) is 0 Å². The quantitative estimate of drug-likeness (QED) is 0.678. The van der Waals surface area contributed by atoms with Crippen LogP contribution in [0.1, 0.15) is 18.2 Å². The van der Waals surface area contributed by atoms with Gasteiger partial charge in [-0.2, -0.15) is 5.26 Å². The van der Waals surface area contributed by atoms with Crippen LogP contribution >= 0.6 is 15.9 Å². The van der Waals surface area contributed by atoms with E-state index in [0.29, 0.717) is 6.61 Å². The fraction of sp³-hybridized carbons (Fsp3) is 0.222. The fourth-order valence-electron chi connectivity index (χ4n) is 2.61. The lowest BCUT2D eigenvalue weighted by Gasteiger charge is -2.09. The third-order valence-corrected chi connectivity index (χ3v) is 4.52. The highest BCUT2D eigenvalue weighted by molar-refractivity contribution is 9.10. The van der Waals surface area contributed by atoms with E-state index in [4.69, 9.17) is 9.72 Å². The SMILES string of the molecule is CCOc1ccccc1-c1nc2cc(C)c(Br)cn2c1CC#N. The van der Waals surface area contributed by atoms with Gasteiger partial charge in [0.2, 0.25) is 0 Å². The van der Waals surface area contributed by atoms with Gasteiger partial charge < -0.3 is 9.14 Å². The molecule has 0 aliphatic heterocycles. The number of nitrogens with zero attached hydrogens (tertiary/aromatic N) is 3. The smallest absolute Gasteiger partial charge is 0.138 e. The summed E-state index contributed by atoms with van der Waals surface area (Å²) in [6.07, 6.45) is 2.25.